The molecule has 1 aromatic heterocycles. The van der Waals surface area contributed by atoms with Gasteiger partial charge in [0, 0.05) is 24.2 Å². The predicted octanol–water partition coefficient (Wildman–Crippen LogP) is 0.739. The molecular weight excluding hydrogens is 322 g/mol. The molecule has 1 N–H and O–H groups in total. The zero-order valence-corrected chi connectivity index (χ0v) is 13.3. The Hall–Kier alpha value is -2.21. The van der Waals surface area contributed by atoms with Crippen LogP contribution in [0.4, 0.5) is 0 Å². The van der Waals surface area contributed by atoms with Crippen LogP contribution in [0.5, 0.6) is 0 Å². The van der Waals surface area contributed by atoms with Crippen LogP contribution in [0, 0.1) is 12.3 Å². The third kappa shape index (κ3) is 3.71. The minimum atomic E-state index is -3.74. The molecule has 0 atom stereocenters. The van der Waals surface area contributed by atoms with Gasteiger partial charge in [0.1, 0.15) is 0 Å². The highest BCUT2D eigenvalue weighted by Crippen LogP contribution is 2.12. The van der Waals surface area contributed by atoms with Gasteiger partial charge in [0.05, 0.1) is 11.4 Å². The summed E-state index contributed by atoms with van der Waals surface area (Å²) in [5, 5.41) is 1.80. The van der Waals surface area contributed by atoms with Crippen molar-refractivity contribution < 1.29 is 13.2 Å². The molecular formula is C14H13N3O3S2. The van der Waals surface area contributed by atoms with Gasteiger partial charge in [-0.3, -0.25) is 4.79 Å². The van der Waals surface area contributed by atoms with Gasteiger partial charge in [-0.2, -0.15) is 9.71 Å². The Kier molecular flexibility index (Phi) is 4.92. The lowest BCUT2D eigenvalue weighted by Gasteiger charge is -2.04. The molecule has 0 aliphatic carbocycles. The van der Waals surface area contributed by atoms with E-state index >= 15 is 0 Å². The van der Waals surface area contributed by atoms with Crippen LogP contribution in [0.3, 0.4) is 0 Å². The van der Waals surface area contributed by atoms with E-state index in [-0.39, 0.29) is 17.0 Å². The van der Waals surface area contributed by atoms with E-state index in [1.54, 1.807) is 23.2 Å². The highest BCUT2D eigenvalue weighted by atomic mass is 32.2. The second kappa shape index (κ2) is 6.70. The molecule has 0 aliphatic heterocycles. The topological polar surface area (TPSA) is 80.5 Å². The molecule has 6 nitrogen and oxygen atoms in total. The van der Waals surface area contributed by atoms with Crippen molar-refractivity contribution in [1.29, 1.82) is 0 Å². The summed E-state index contributed by atoms with van der Waals surface area (Å²) in [5.41, 5.74) is 0.192. The Labute approximate surface area is 132 Å². The summed E-state index contributed by atoms with van der Waals surface area (Å²) in [7, 11) is -1.97. The van der Waals surface area contributed by atoms with Gasteiger partial charge in [-0.1, -0.05) is 12.0 Å². The molecule has 0 bridgehead atoms. The number of benzene rings is 1. The highest BCUT2D eigenvalue weighted by molar-refractivity contribution is 7.89. The average molecular weight is 335 g/mol. The Morgan fingerprint density at radius 3 is 2.91 bits per heavy atom. The highest BCUT2D eigenvalue weighted by Gasteiger charge is 2.15. The molecule has 0 fully saturated rings. The van der Waals surface area contributed by atoms with Crippen LogP contribution in [0.1, 0.15) is 10.4 Å². The van der Waals surface area contributed by atoms with Crippen molar-refractivity contribution in [3.8, 4) is 12.3 Å². The fourth-order valence-corrected chi connectivity index (χ4v) is 3.31. The van der Waals surface area contributed by atoms with Gasteiger partial charge in [0.25, 0.3) is 5.91 Å². The van der Waals surface area contributed by atoms with Gasteiger partial charge in [0.15, 0.2) is 4.80 Å². The number of rotatable bonds is 4. The number of hydrogen-bond donors (Lipinski definition) is 1. The van der Waals surface area contributed by atoms with Gasteiger partial charge in [-0.25, -0.2) is 8.42 Å². The SMILES string of the molecule is C#CCNS(=O)(=O)c1cccc(C(=O)N=c2sccn2C)c1. The first kappa shape index (κ1) is 16.2. The van der Waals surface area contributed by atoms with Crippen LogP contribution >= 0.6 is 11.3 Å². The van der Waals surface area contributed by atoms with E-state index in [0.717, 1.165) is 0 Å². The number of amides is 1. The van der Waals surface area contributed by atoms with Crippen LogP contribution in [0.25, 0.3) is 0 Å². The van der Waals surface area contributed by atoms with Gasteiger partial charge in [0.2, 0.25) is 10.0 Å². The van der Waals surface area contributed by atoms with E-state index in [0.29, 0.717) is 4.80 Å². The Bertz CT molecular complexity index is 902. The van der Waals surface area contributed by atoms with Crippen LogP contribution in [0.2, 0.25) is 0 Å². The summed E-state index contributed by atoms with van der Waals surface area (Å²) in [6.45, 7) is -0.115. The normalized spacial score (nSPS) is 12.1. The fourth-order valence-electron chi connectivity index (χ4n) is 1.60. The number of thiazole rings is 1. The average Bonchev–Trinajstić information content (AvgIpc) is 2.90. The maximum Gasteiger partial charge on any atom is 0.279 e. The smallest absolute Gasteiger partial charge is 0.279 e. The van der Waals surface area contributed by atoms with Crippen molar-refractivity contribution in [3.05, 3.63) is 46.2 Å². The van der Waals surface area contributed by atoms with E-state index in [2.05, 4.69) is 15.6 Å². The number of terminal acetylenes is 1. The van der Waals surface area contributed by atoms with Crippen molar-refractivity contribution in [2.24, 2.45) is 12.0 Å². The lowest BCUT2D eigenvalue weighted by molar-refractivity contribution is 0.0997. The first-order valence-corrected chi connectivity index (χ1v) is 8.53. The molecule has 114 valence electrons. The largest absolute Gasteiger partial charge is 0.327 e. The molecule has 0 saturated carbocycles. The van der Waals surface area contributed by atoms with Crippen LogP contribution in [0.15, 0.2) is 45.7 Å². The molecule has 1 aromatic carbocycles. The molecule has 8 heteroatoms. The summed E-state index contributed by atoms with van der Waals surface area (Å²) >= 11 is 1.32. The Morgan fingerprint density at radius 1 is 1.50 bits per heavy atom. The first-order valence-electron chi connectivity index (χ1n) is 6.16. The molecule has 22 heavy (non-hydrogen) atoms. The predicted molar refractivity (Wildman–Crippen MR) is 83.6 cm³/mol. The Morgan fingerprint density at radius 2 is 2.27 bits per heavy atom. The zero-order chi connectivity index (χ0) is 16.2. The van der Waals surface area contributed by atoms with Crippen LogP contribution in [-0.4, -0.2) is 25.4 Å². The van der Waals surface area contributed by atoms with Crippen molar-refractivity contribution in [3.63, 3.8) is 0 Å². The second-order valence-electron chi connectivity index (χ2n) is 4.27. The lowest BCUT2D eigenvalue weighted by Crippen LogP contribution is -2.24. The van der Waals surface area contributed by atoms with Gasteiger partial charge < -0.3 is 4.57 Å². The number of aryl methyl sites for hydroxylation is 1. The number of nitrogens with one attached hydrogen (secondary N) is 1. The first-order chi connectivity index (χ1) is 10.4. The van der Waals surface area contributed by atoms with Crippen molar-refractivity contribution in [2.45, 2.75) is 4.90 Å². The molecule has 0 aliphatic rings. The Balaban J connectivity index is 2.36. The molecule has 1 heterocycles. The maximum absolute atomic E-state index is 12.1. The van der Waals surface area contributed by atoms with E-state index in [4.69, 9.17) is 6.42 Å². The number of aromatic nitrogens is 1. The number of carbonyl (C=O) groups is 1. The summed E-state index contributed by atoms with van der Waals surface area (Å²) in [5.74, 6) is 1.68. The lowest BCUT2D eigenvalue weighted by atomic mass is 10.2. The van der Waals surface area contributed by atoms with Crippen molar-refractivity contribution in [2.75, 3.05) is 6.54 Å². The molecule has 0 spiro atoms. The minimum absolute atomic E-state index is 0.0284. The third-order valence-electron chi connectivity index (χ3n) is 2.71. The summed E-state index contributed by atoms with van der Waals surface area (Å²) < 4.78 is 27.9. The number of sulfonamides is 1. The number of nitrogens with zero attached hydrogens (tertiary/aromatic N) is 2. The fraction of sp³-hybridized carbons (Fsp3) is 0.143. The molecule has 1 amide bonds. The molecule has 0 unspecified atom stereocenters. The standard InChI is InChI=1S/C14H13N3O3S2/c1-3-7-15-22(19,20)12-6-4-5-11(10-12)13(18)16-14-17(2)8-9-21-14/h1,4-6,8-10,15H,7H2,2H3. The van der Waals surface area contributed by atoms with Gasteiger partial charge in [-0.05, 0) is 18.2 Å². The quantitative estimate of drug-likeness (QED) is 0.837. The van der Waals surface area contributed by atoms with Gasteiger partial charge >= 0.3 is 0 Å². The van der Waals surface area contributed by atoms with Crippen LogP contribution in [-0.2, 0) is 17.1 Å². The molecule has 2 aromatic rings. The third-order valence-corrected chi connectivity index (χ3v) is 4.96. The van der Waals surface area contributed by atoms with Crippen molar-refractivity contribution in [1.82, 2.24) is 9.29 Å². The minimum Gasteiger partial charge on any atom is -0.327 e. The van der Waals surface area contributed by atoms with E-state index in [1.165, 1.54) is 35.6 Å². The van der Waals surface area contributed by atoms with E-state index < -0.39 is 15.9 Å². The van der Waals surface area contributed by atoms with E-state index in [1.807, 2.05) is 0 Å². The second-order valence-corrected chi connectivity index (χ2v) is 6.91. The number of carbonyl (C=O) groups excluding carboxylic acids is 1. The molecule has 0 saturated heterocycles. The summed E-state index contributed by atoms with van der Waals surface area (Å²) in [6.07, 6.45) is 6.81. The monoisotopic (exact) mass is 335 g/mol. The zero-order valence-electron chi connectivity index (χ0n) is 11.7. The molecule has 0 radical (unpaired) electrons. The number of hydrogen-bond acceptors (Lipinski definition) is 4. The summed E-state index contributed by atoms with van der Waals surface area (Å²) in [6, 6.07) is 5.67. The molecule has 2 rings (SSSR count). The summed E-state index contributed by atoms with van der Waals surface area (Å²) in [4.78, 5) is 16.6. The van der Waals surface area contributed by atoms with E-state index in [9.17, 15) is 13.2 Å². The maximum atomic E-state index is 12.1. The van der Waals surface area contributed by atoms with Gasteiger partial charge in [-0.15, -0.1) is 17.8 Å². The van der Waals surface area contributed by atoms with Crippen LogP contribution < -0.4 is 9.52 Å². The van der Waals surface area contributed by atoms with Crippen molar-refractivity contribution >= 4 is 27.3 Å².